The number of Topliss-reactive ketones (excluding diaryl/α,β-unsaturated/α-hetero) is 1. The van der Waals surface area contributed by atoms with Crippen LogP contribution in [0.5, 0.6) is 0 Å². The first-order valence-electron chi connectivity index (χ1n) is 6.56. The largest absolute Gasteiger partial charge is 0.303 e. The number of ketones is 1. The van der Waals surface area contributed by atoms with Gasteiger partial charge in [0, 0.05) is 31.9 Å². The van der Waals surface area contributed by atoms with Gasteiger partial charge >= 0.3 is 0 Å². The van der Waals surface area contributed by atoms with Gasteiger partial charge in [0.1, 0.15) is 0 Å². The Bertz CT molecular complexity index is 337. The van der Waals surface area contributed by atoms with Gasteiger partial charge in [-0.3, -0.25) is 9.79 Å². The number of halogens is 1. The van der Waals surface area contributed by atoms with Gasteiger partial charge in [0.2, 0.25) is 0 Å². The summed E-state index contributed by atoms with van der Waals surface area (Å²) in [7, 11) is 0. The van der Waals surface area contributed by atoms with Gasteiger partial charge in [0.05, 0.1) is 0 Å². The minimum Gasteiger partial charge on any atom is -0.303 e. The molecule has 1 rings (SSSR count). The fourth-order valence-corrected chi connectivity index (χ4v) is 1.90. The number of hydrogen-bond acceptors (Lipinski definition) is 3. The third kappa shape index (κ3) is 4.69. The molecule has 3 nitrogen and oxygen atoms in total. The zero-order valence-electron chi connectivity index (χ0n) is 11.5. The quantitative estimate of drug-likeness (QED) is 0.699. The summed E-state index contributed by atoms with van der Waals surface area (Å²) < 4.78 is 13.9. The first kappa shape index (κ1) is 15.0. The molecule has 0 N–H and O–H groups in total. The van der Waals surface area contributed by atoms with E-state index in [2.05, 4.69) is 22.9 Å². The van der Waals surface area contributed by atoms with Crippen LogP contribution in [0, 0.1) is 5.92 Å². The topological polar surface area (TPSA) is 32.7 Å². The van der Waals surface area contributed by atoms with Crippen LogP contribution in [0.25, 0.3) is 0 Å². The van der Waals surface area contributed by atoms with E-state index in [1.807, 2.05) is 12.4 Å². The van der Waals surface area contributed by atoms with Crippen molar-refractivity contribution in [3.8, 4) is 0 Å². The smallest absolute Gasteiger partial charge is 0.166 e. The molecule has 102 valence electrons. The maximum atomic E-state index is 13.9. The molecule has 0 bridgehead atoms. The standard InChI is InChI=1S/C14H23FN2O/c1-4-17(10-7-14(3,15)12(2)18)11-13-5-8-16-9-6-13/h5,8-9,13H,4,6-7,10-11H2,1-3H3. The average Bonchev–Trinajstić information content (AvgIpc) is 2.35. The lowest BCUT2D eigenvalue weighted by atomic mass is 9.99. The van der Waals surface area contributed by atoms with Crippen LogP contribution in [0.15, 0.2) is 17.3 Å². The molecule has 1 heterocycles. The minimum atomic E-state index is -1.70. The summed E-state index contributed by atoms with van der Waals surface area (Å²) in [5.41, 5.74) is -1.70. The van der Waals surface area contributed by atoms with Crippen molar-refractivity contribution in [1.82, 2.24) is 4.90 Å². The van der Waals surface area contributed by atoms with E-state index in [0.29, 0.717) is 12.5 Å². The van der Waals surface area contributed by atoms with Crippen molar-refractivity contribution in [3.05, 3.63) is 12.3 Å². The van der Waals surface area contributed by atoms with Crippen molar-refractivity contribution in [2.75, 3.05) is 19.6 Å². The Morgan fingerprint density at radius 1 is 1.61 bits per heavy atom. The second kappa shape index (κ2) is 6.78. The second-order valence-electron chi connectivity index (χ2n) is 5.07. The summed E-state index contributed by atoms with van der Waals surface area (Å²) in [6, 6.07) is 0. The van der Waals surface area contributed by atoms with Crippen LogP contribution in [-0.4, -0.2) is 42.2 Å². The highest BCUT2D eigenvalue weighted by Gasteiger charge is 2.29. The summed E-state index contributed by atoms with van der Waals surface area (Å²) in [6.45, 7) is 7.13. The molecular formula is C14H23FN2O. The predicted molar refractivity (Wildman–Crippen MR) is 72.7 cm³/mol. The monoisotopic (exact) mass is 254 g/mol. The molecule has 0 spiro atoms. The van der Waals surface area contributed by atoms with Crippen molar-refractivity contribution >= 4 is 12.0 Å². The second-order valence-corrected chi connectivity index (χ2v) is 5.07. The Balaban J connectivity index is 2.40. The molecule has 0 amide bonds. The summed E-state index contributed by atoms with van der Waals surface area (Å²) in [5, 5.41) is 0. The fourth-order valence-electron chi connectivity index (χ4n) is 1.90. The number of nitrogens with zero attached hydrogens (tertiary/aromatic N) is 2. The Kier molecular flexibility index (Phi) is 5.66. The highest BCUT2D eigenvalue weighted by atomic mass is 19.1. The van der Waals surface area contributed by atoms with E-state index in [0.717, 1.165) is 19.5 Å². The van der Waals surface area contributed by atoms with Gasteiger partial charge in [-0.2, -0.15) is 0 Å². The Hall–Kier alpha value is -1.03. The lowest BCUT2D eigenvalue weighted by molar-refractivity contribution is -0.127. The van der Waals surface area contributed by atoms with Gasteiger partial charge < -0.3 is 4.90 Å². The van der Waals surface area contributed by atoms with E-state index < -0.39 is 5.67 Å². The van der Waals surface area contributed by atoms with E-state index in [-0.39, 0.29) is 12.2 Å². The van der Waals surface area contributed by atoms with E-state index >= 15 is 0 Å². The molecule has 0 aromatic rings. The van der Waals surface area contributed by atoms with E-state index in [9.17, 15) is 9.18 Å². The SMILES string of the molecule is CCN(CCC(C)(F)C(C)=O)CC1C=CN=CC1. The summed E-state index contributed by atoms with van der Waals surface area (Å²) >= 11 is 0. The van der Waals surface area contributed by atoms with Gasteiger partial charge in [-0.25, -0.2) is 4.39 Å². The number of carbonyl (C=O) groups excluding carboxylic acids is 1. The maximum absolute atomic E-state index is 13.9. The normalized spacial score (nSPS) is 22.2. The van der Waals surface area contributed by atoms with Crippen LogP contribution in [0.1, 0.15) is 33.6 Å². The molecule has 2 unspecified atom stereocenters. The molecule has 0 saturated carbocycles. The van der Waals surface area contributed by atoms with Crippen LogP contribution in [0.2, 0.25) is 0 Å². The Morgan fingerprint density at radius 3 is 2.83 bits per heavy atom. The first-order chi connectivity index (χ1) is 8.45. The summed E-state index contributed by atoms with van der Waals surface area (Å²) in [6.07, 6.45) is 7.01. The van der Waals surface area contributed by atoms with Gasteiger partial charge in [-0.15, -0.1) is 0 Å². The van der Waals surface area contributed by atoms with E-state index in [4.69, 9.17) is 0 Å². The van der Waals surface area contributed by atoms with Crippen LogP contribution >= 0.6 is 0 Å². The molecule has 0 fully saturated rings. The van der Waals surface area contributed by atoms with Gasteiger partial charge in [-0.05, 0) is 32.7 Å². The molecule has 18 heavy (non-hydrogen) atoms. The minimum absolute atomic E-state index is 0.265. The molecular weight excluding hydrogens is 231 g/mol. The predicted octanol–water partition coefficient (Wildman–Crippen LogP) is 2.62. The van der Waals surface area contributed by atoms with E-state index in [1.165, 1.54) is 13.8 Å². The van der Waals surface area contributed by atoms with Gasteiger partial charge in [0.25, 0.3) is 0 Å². The summed E-state index contributed by atoms with van der Waals surface area (Å²) in [5.74, 6) is 0.0638. The van der Waals surface area contributed by atoms with Crippen molar-refractivity contribution < 1.29 is 9.18 Å². The molecule has 0 aromatic carbocycles. The lowest BCUT2D eigenvalue weighted by Crippen LogP contribution is -2.36. The third-order valence-electron chi connectivity index (χ3n) is 3.53. The summed E-state index contributed by atoms with van der Waals surface area (Å²) in [4.78, 5) is 17.4. The molecule has 2 atom stereocenters. The van der Waals surface area contributed by atoms with Crippen molar-refractivity contribution in [3.63, 3.8) is 0 Å². The fraction of sp³-hybridized carbons (Fsp3) is 0.714. The molecule has 0 aromatic heterocycles. The number of carbonyl (C=O) groups is 1. The van der Waals surface area contributed by atoms with Gasteiger partial charge in [-0.1, -0.05) is 13.0 Å². The van der Waals surface area contributed by atoms with Crippen molar-refractivity contribution in [2.24, 2.45) is 10.9 Å². The molecule has 0 radical (unpaired) electrons. The zero-order chi connectivity index (χ0) is 13.6. The number of rotatable bonds is 7. The first-order valence-corrected chi connectivity index (χ1v) is 6.56. The van der Waals surface area contributed by atoms with Crippen molar-refractivity contribution in [1.29, 1.82) is 0 Å². The molecule has 1 aliphatic rings. The average molecular weight is 254 g/mol. The molecule has 1 aliphatic heterocycles. The molecule has 0 saturated heterocycles. The van der Waals surface area contributed by atoms with Crippen LogP contribution in [0.3, 0.4) is 0 Å². The van der Waals surface area contributed by atoms with Crippen molar-refractivity contribution in [2.45, 2.75) is 39.3 Å². The Labute approximate surface area is 109 Å². The van der Waals surface area contributed by atoms with E-state index in [1.54, 1.807) is 0 Å². The van der Waals surface area contributed by atoms with Crippen LogP contribution < -0.4 is 0 Å². The van der Waals surface area contributed by atoms with Crippen LogP contribution in [0.4, 0.5) is 4.39 Å². The highest BCUT2D eigenvalue weighted by Crippen LogP contribution is 2.18. The number of alkyl halides is 1. The van der Waals surface area contributed by atoms with Crippen LogP contribution in [-0.2, 0) is 4.79 Å². The maximum Gasteiger partial charge on any atom is 0.166 e. The molecule has 4 heteroatoms. The number of aliphatic imine (C=N–C) groups is 1. The third-order valence-corrected chi connectivity index (χ3v) is 3.53. The Morgan fingerprint density at radius 2 is 2.33 bits per heavy atom. The lowest BCUT2D eigenvalue weighted by Gasteiger charge is -2.27. The van der Waals surface area contributed by atoms with Gasteiger partial charge in [0.15, 0.2) is 11.5 Å². The zero-order valence-corrected chi connectivity index (χ0v) is 11.5. The number of hydrogen-bond donors (Lipinski definition) is 0. The molecule has 0 aliphatic carbocycles. The highest BCUT2D eigenvalue weighted by molar-refractivity contribution is 5.84.